The second-order valence-electron chi connectivity index (χ2n) is 20.1. The van der Waals surface area contributed by atoms with Gasteiger partial charge in [0.1, 0.15) is 78.7 Å². The molecular weight excluding hydrogens is 832 g/mol. The maximum Gasteiger partial charge on any atom is 0.189 e. The van der Waals surface area contributed by atoms with Crippen LogP contribution in [0.5, 0.6) is 0 Å². The first-order valence-corrected chi connectivity index (χ1v) is 22.7. The first-order chi connectivity index (χ1) is 29.7. The monoisotopic (exact) mass is 902 g/mol. The maximum atomic E-state index is 14.0. The van der Waals surface area contributed by atoms with Crippen molar-refractivity contribution >= 4 is 11.6 Å². The van der Waals surface area contributed by atoms with Crippen LogP contribution >= 0.6 is 0 Å². The average molecular weight is 903 g/mol. The Labute approximate surface area is 366 Å². The van der Waals surface area contributed by atoms with E-state index < -0.39 is 123 Å². The van der Waals surface area contributed by atoms with Gasteiger partial charge in [-0.05, 0) is 79.4 Å². The third-order valence-corrected chi connectivity index (χ3v) is 16.2. The predicted octanol–water partition coefficient (Wildman–Crippen LogP) is -1.85. The molecule has 3 saturated heterocycles. The minimum atomic E-state index is -1.91. The van der Waals surface area contributed by atoms with E-state index in [-0.39, 0.29) is 59.1 Å². The largest absolute Gasteiger partial charge is 0.394 e. The Morgan fingerprint density at radius 2 is 1.38 bits per heavy atom. The molecule has 3 heterocycles. The number of Topliss-reactive ketones (excluding diaryl/α,β-unsaturated/α-hetero) is 2. The summed E-state index contributed by atoms with van der Waals surface area (Å²) in [6.45, 7) is 7.11. The fourth-order valence-electron chi connectivity index (χ4n) is 12.4. The molecule has 0 amide bonds. The van der Waals surface area contributed by atoms with E-state index >= 15 is 0 Å². The smallest absolute Gasteiger partial charge is 0.189 e. The fourth-order valence-corrected chi connectivity index (χ4v) is 12.4. The van der Waals surface area contributed by atoms with Crippen LogP contribution in [-0.2, 0) is 38.0 Å². The van der Waals surface area contributed by atoms with E-state index in [1.54, 1.807) is 0 Å². The van der Waals surface area contributed by atoms with Crippen LogP contribution in [0.4, 0.5) is 0 Å². The molecular formula is C44H70O19. The number of rotatable bonds is 14. The number of fused-ring (bicyclic) bond motifs is 5. The number of carbonyl (C=O) groups excluding carboxylic acids is 2. The van der Waals surface area contributed by atoms with E-state index in [0.29, 0.717) is 25.7 Å². The molecule has 11 N–H and O–H groups in total. The first kappa shape index (κ1) is 49.3. The van der Waals surface area contributed by atoms with Gasteiger partial charge in [0.2, 0.25) is 0 Å². The van der Waals surface area contributed by atoms with Crippen LogP contribution in [0, 0.1) is 46.3 Å². The molecule has 360 valence electrons. The highest BCUT2D eigenvalue weighted by molar-refractivity contribution is 5.92. The molecule has 3 saturated carbocycles. The predicted molar refractivity (Wildman–Crippen MR) is 214 cm³/mol. The minimum Gasteiger partial charge on any atom is -0.394 e. The van der Waals surface area contributed by atoms with Gasteiger partial charge in [0.15, 0.2) is 25.2 Å². The summed E-state index contributed by atoms with van der Waals surface area (Å²) in [6, 6.07) is 0. The van der Waals surface area contributed by atoms with Crippen molar-refractivity contribution in [2.24, 2.45) is 46.3 Å². The fraction of sp³-hybridized carbons (Fsp3) is 0.909. The number of ketones is 2. The molecule has 4 aliphatic carbocycles. The maximum absolute atomic E-state index is 14.0. The van der Waals surface area contributed by atoms with Gasteiger partial charge in [-0.3, -0.25) is 9.59 Å². The van der Waals surface area contributed by atoms with E-state index in [1.807, 2.05) is 13.8 Å². The van der Waals surface area contributed by atoms with Gasteiger partial charge in [-0.2, -0.15) is 0 Å². The minimum absolute atomic E-state index is 0.00602. The van der Waals surface area contributed by atoms with E-state index in [9.17, 15) is 65.8 Å². The highest BCUT2D eigenvalue weighted by Crippen LogP contribution is 2.66. The molecule has 0 aromatic carbocycles. The van der Waals surface area contributed by atoms with Crippen molar-refractivity contribution in [1.29, 1.82) is 0 Å². The molecule has 7 aliphatic rings. The van der Waals surface area contributed by atoms with E-state index in [2.05, 4.69) is 19.9 Å². The Kier molecular flexibility index (Phi) is 15.3. The molecule has 6 fully saturated rings. The van der Waals surface area contributed by atoms with Gasteiger partial charge in [-0.1, -0.05) is 39.3 Å². The molecule has 0 spiro atoms. The highest BCUT2D eigenvalue weighted by Gasteiger charge is 2.63. The second-order valence-corrected chi connectivity index (χ2v) is 20.1. The topological polar surface area (TPSA) is 312 Å². The molecule has 0 aromatic heterocycles. The summed E-state index contributed by atoms with van der Waals surface area (Å²) in [7, 11) is 0. The van der Waals surface area contributed by atoms with Crippen molar-refractivity contribution in [1.82, 2.24) is 0 Å². The van der Waals surface area contributed by atoms with Gasteiger partial charge in [-0.15, -0.1) is 0 Å². The van der Waals surface area contributed by atoms with Crippen molar-refractivity contribution in [3.05, 3.63) is 11.6 Å². The molecule has 63 heavy (non-hydrogen) atoms. The molecule has 0 aromatic rings. The van der Waals surface area contributed by atoms with Crippen molar-refractivity contribution in [2.75, 3.05) is 19.8 Å². The molecule has 24 atom stereocenters. The SMILES string of the molecule is C[C@H](CCC(=O)[C@@H](C)[C@@H]1C(=O)C[C@H]2[C@@H]3CC=C4CC(O[C@@H]5OC(CO)[C@@H](O)C(O)C5O[C@@H]5OC(O)[C@H](O)C(O)C5O)CC[C@]4(C)[C@H]3CC[C@@]21C)CO[C@@H]1OC(CO)[C@@H](O)C(O)C1O. The van der Waals surface area contributed by atoms with Gasteiger partial charge < -0.3 is 84.6 Å². The lowest BCUT2D eigenvalue weighted by Crippen LogP contribution is -2.64. The summed E-state index contributed by atoms with van der Waals surface area (Å²) >= 11 is 0. The van der Waals surface area contributed by atoms with Crippen LogP contribution in [0.15, 0.2) is 11.6 Å². The van der Waals surface area contributed by atoms with Crippen molar-refractivity contribution < 1.29 is 94.2 Å². The number of ether oxygens (including phenoxy) is 6. The van der Waals surface area contributed by atoms with Crippen molar-refractivity contribution in [3.63, 3.8) is 0 Å². The highest BCUT2D eigenvalue weighted by atomic mass is 16.8. The zero-order valence-corrected chi connectivity index (χ0v) is 36.4. The molecule has 0 radical (unpaired) electrons. The molecule has 19 heteroatoms. The summed E-state index contributed by atoms with van der Waals surface area (Å²) in [5.41, 5.74) is 0.659. The number of hydrogen-bond acceptors (Lipinski definition) is 19. The number of aliphatic hydroxyl groups excluding tert-OH is 11. The lowest BCUT2D eigenvalue weighted by atomic mass is 9.47. The summed E-state index contributed by atoms with van der Waals surface area (Å²) in [5, 5.41) is 112. The zero-order chi connectivity index (χ0) is 45.9. The normalized spacial score (nSPS) is 49.9. The van der Waals surface area contributed by atoms with Crippen LogP contribution in [-0.4, -0.2) is 186 Å². The lowest BCUT2D eigenvalue weighted by Gasteiger charge is -2.58. The van der Waals surface area contributed by atoms with Gasteiger partial charge in [0, 0.05) is 24.7 Å². The Balaban J connectivity index is 0.964. The summed E-state index contributed by atoms with van der Waals surface area (Å²) < 4.78 is 34.4. The van der Waals surface area contributed by atoms with Crippen LogP contribution in [0.25, 0.3) is 0 Å². The van der Waals surface area contributed by atoms with Crippen LogP contribution in [0.3, 0.4) is 0 Å². The average Bonchev–Trinajstić information content (AvgIpc) is 3.54. The van der Waals surface area contributed by atoms with Gasteiger partial charge in [0.05, 0.1) is 25.9 Å². The third kappa shape index (κ3) is 9.23. The third-order valence-electron chi connectivity index (χ3n) is 16.2. The lowest BCUT2D eigenvalue weighted by molar-refractivity contribution is -0.388. The Morgan fingerprint density at radius 1 is 0.746 bits per heavy atom. The molecule has 7 rings (SSSR count). The molecule has 19 nitrogen and oxygen atoms in total. The van der Waals surface area contributed by atoms with Gasteiger partial charge >= 0.3 is 0 Å². The van der Waals surface area contributed by atoms with E-state index in [0.717, 1.165) is 25.7 Å². The van der Waals surface area contributed by atoms with E-state index in [1.165, 1.54) is 5.57 Å². The van der Waals surface area contributed by atoms with Gasteiger partial charge in [0.25, 0.3) is 0 Å². The summed E-state index contributed by atoms with van der Waals surface area (Å²) in [5.74, 6) is -0.258. The molecule has 0 bridgehead atoms. The standard InChI is InChI=1S/C44H70O19/c1-18(17-58-40-36(55)32(51)30(49)27(15-45)60-40)5-8-25(47)19(2)29-26(48)14-24-22-7-6-20-13-21(9-11-43(20,3)23(22)10-12-44(24,29)4)59-42-38(34(53)31(50)28(16-46)61-42)62-41-37(56)33(52)35(54)39(57)63-41/h6,18-19,21-24,27-42,45-46,49-57H,5,7-17H2,1-4H3/t18-,19-,21?,22-,23+,24+,27?,28?,29-,30-,31-,32?,33?,34?,35-,36?,37?,38?,39?,40-,41-,42-,43+,44+/m1/s1. The van der Waals surface area contributed by atoms with Crippen LogP contribution < -0.4 is 0 Å². The zero-order valence-electron chi connectivity index (χ0n) is 36.4. The number of hydrogen-bond donors (Lipinski definition) is 11. The summed E-state index contributed by atoms with van der Waals surface area (Å²) in [6.07, 6.45) is -16.2. The van der Waals surface area contributed by atoms with Crippen molar-refractivity contribution in [2.45, 2.75) is 184 Å². The number of carbonyl (C=O) groups is 2. The number of aliphatic hydroxyl groups is 11. The van der Waals surface area contributed by atoms with E-state index in [4.69, 9.17) is 28.4 Å². The Hall–Kier alpha value is -1.60. The number of allylic oxidation sites excluding steroid dienone is 1. The molecule has 3 aliphatic heterocycles. The van der Waals surface area contributed by atoms with Gasteiger partial charge in [-0.25, -0.2) is 0 Å². The Bertz CT molecular complexity index is 1630. The quantitative estimate of drug-likeness (QED) is 0.0853. The van der Waals surface area contributed by atoms with Crippen LogP contribution in [0.1, 0.15) is 85.5 Å². The van der Waals surface area contributed by atoms with Crippen LogP contribution in [0.2, 0.25) is 0 Å². The first-order valence-electron chi connectivity index (χ1n) is 22.7. The van der Waals surface area contributed by atoms with Crippen molar-refractivity contribution in [3.8, 4) is 0 Å². The molecule has 10 unspecified atom stereocenters. The summed E-state index contributed by atoms with van der Waals surface area (Å²) in [4.78, 5) is 27.8. The second kappa shape index (κ2) is 19.6. The Morgan fingerprint density at radius 3 is 2.06 bits per heavy atom.